The quantitative estimate of drug-likeness (QED) is 0.202. The van der Waals surface area contributed by atoms with Crippen LogP contribution in [0, 0.1) is 33.0 Å². The molecule has 15 nitrogen and oxygen atoms in total. The third kappa shape index (κ3) is 7.95. The van der Waals surface area contributed by atoms with Crippen LogP contribution in [0.2, 0.25) is 0 Å². The second-order valence-electron chi connectivity index (χ2n) is 20.6. The number of alkyl halides is 1. The molecule has 0 aromatic carbocycles. The van der Waals surface area contributed by atoms with Gasteiger partial charge in [-0.3, -0.25) is 28.9 Å². The number of hydrogen-bond acceptors (Lipinski definition) is 9. The monoisotopic (exact) mass is 849 g/mol. The number of ether oxygens (including phenoxy) is 1. The third-order valence-electron chi connectivity index (χ3n) is 15.1. The molecule has 6 rings (SSSR count). The molecular formula is C42H68FN7O8S. The van der Waals surface area contributed by atoms with E-state index in [1.165, 1.54) is 6.08 Å². The van der Waals surface area contributed by atoms with Gasteiger partial charge >= 0.3 is 10.2 Å². The summed E-state index contributed by atoms with van der Waals surface area (Å²) in [6.45, 7) is 20.2. The Labute approximate surface area is 349 Å². The van der Waals surface area contributed by atoms with E-state index < -0.39 is 87.0 Å². The molecule has 0 bridgehead atoms. The fourth-order valence-corrected chi connectivity index (χ4v) is 12.3. The Hall–Kier alpha value is -3.15. The summed E-state index contributed by atoms with van der Waals surface area (Å²) >= 11 is 0. The lowest BCUT2D eigenvalue weighted by molar-refractivity contribution is -0.145. The number of fused-ring (bicyclic) bond motifs is 1. The molecule has 3 saturated heterocycles. The van der Waals surface area contributed by atoms with Gasteiger partial charge in [0.15, 0.2) is 0 Å². The minimum Gasteiger partial charge on any atom is -0.379 e. The molecule has 0 aromatic rings. The van der Waals surface area contributed by atoms with Gasteiger partial charge in [-0.1, -0.05) is 74.3 Å². The lowest BCUT2D eigenvalue weighted by Gasteiger charge is -2.39. The third-order valence-corrected chi connectivity index (χ3v) is 16.6. The fraction of sp³-hybridized carbons (Fsp3) is 0.833. The first-order chi connectivity index (χ1) is 27.4. The Morgan fingerprint density at radius 3 is 2.03 bits per heavy atom. The minimum atomic E-state index is -4.23. The Morgan fingerprint density at radius 2 is 1.51 bits per heavy atom. The van der Waals surface area contributed by atoms with E-state index in [1.807, 2.05) is 46.4 Å². The lowest BCUT2D eigenvalue weighted by Crippen LogP contribution is -2.64. The highest BCUT2D eigenvalue weighted by Gasteiger charge is 2.85. The van der Waals surface area contributed by atoms with Crippen molar-refractivity contribution < 1.29 is 41.5 Å². The fourth-order valence-electron chi connectivity index (χ4n) is 11.1. The molecule has 6 aliphatic rings. The van der Waals surface area contributed by atoms with Crippen LogP contribution in [-0.4, -0.2) is 134 Å². The van der Waals surface area contributed by atoms with E-state index in [-0.39, 0.29) is 68.0 Å². The molecular weight excluding hydrogens is 782 g/mol. The number of nitrogens with zero attached hydrogens (tertiary/aromatic N) is 3. The largest absolute Gasteiger partial charge is 0.379 e. The average Bonchev–Trinajstić information content (AvgIpc) is 3.87. The van der Waals surface area contributed by atoms with Gasteiger partial charge in [0.1, 0.15) is 30.3 Å². The van der Waals surface area contributed by atoms with E-state index in [2.05, 4.69) is 41.1 Å². The molecule has 3 saturated carbocycles. The number of hydrogen-bond donors (Lipinski definition) is 4. The average molecular weight is 850 g/mol. The molecule has 0 unspecified atom stereocenters. The zero-order valence-electron chi connectivity index (χ0n) is 36.4. The van der Waals surface area contributed by atoms with Crippen LogP contribution in [0.3, 0.4) is 0 Å². The first-order valence-electron chi connectivity index (χ1n) is 21.5. The summed E-state index contributed by atoms with van der Waals surface area (Å²) in [4.78, 5) is 75.3. The number of carbonyl (C=O) groups excluding carboxylic acids is 5. The molecule has 6 fully saturated rings. The molecule has 0 aromatic heterocycles. The minimum absolute atomic E-state index is 0.0602. The van der Waals surface area contributed by atoms with Crippen molar-refractivity contribution >= 4 is 39.7 Å². The van der Waals surface area contributed by atoms with Crippen LogP contribution in [-0.2, 0) is 38.9 Å². The van der Waals surface area contributed by atoms with Crippen LogP contribution < -0.4 is 20.7 Å². The second-order valence-corrected chi connectivity index (χ2v) is 22.3. The van der Waals surface area contributed by atoms with Crippen LogP contribution in [0.25, 0.3) is 0 Å². The van der Waals surface area contributed by atoms with Gasteiger partial charge in [0.05, 0.1) is 19.3 Å². The zero-order chi connectivity index (χ0) is 43.6. The number of nitrogens with one attached hydrogen (secondary N) is 4. The van der Waals surface area contributed by atoms with Gasteiger partial charge < -0.3 is 25.6 Å². The van der Waals surface area contributed by atoms with Crippen molar-refractivity contribution in [3.63, 3.8) is 0 Å². The van der Waals surface area contributed by atoms with Crippen LogP contribution in [0.4, 0.5) is 4.39 Å². The van der Waals surface area contributed by atoms with Crippen LogP contribution >= 0.6 is 0 Å². The van der Waals surface area contributed by atoms with Crippen molar-refractivity contribution in [1.82, 2.24) is 34.8 Å². The van der Waals surface area contributed by atoms with Crippen molar-refractivity contribution in [1.29, 1.82) is 0 Å². The first-order valence-corrected chi connectivity index (χ1v) is 22.9. The molecule has 3 aliphatic carbocycles. The van der Waals surface area contributed by atoms with Gasteiger partial charge in [0.2, 0.25) is 23.6 Å². The van der Waals surface area contributed by atoms with E-state index in [4.69, 9.17) is 4.74 Å². The normalized spacial score (nSPS) is 31.4. The smallest absolute Gasteiger partial charge is 0.304 e. The number of amides is 5. The predicted molar refractivity (Wildman–Crippen MR) is 219 cm³/mol. The molecule has 3 heterocycles. The molecule has 0 radical (unpaired) electrons. The predicted octanol–water partition coefficient (Wildman–Crippen LogP) is 2.42. The van der Waals surface area contributed by atoms with Crippen molar-refractivity contribution in [2.24, 2.45) is 33.0 Å². The maximum absolute atomic E-state index is 15.2. The Bertz CT molecular complexity index is 1800. The summed E-state index contributed by atoms with van der Waals surface area (Å²) in [7, 11) is -4.23. The summed E-state index contributed by atoms with van der Waals surface area (Å²) in [6.07, 6.45) is 7.21. The molecule has 2 spiro atoms. The van der Waals surface area contributed by atoms with E-state index in [0.717, 1.165) is 36.4 Å². The highest BCUT2D eigenvalue weighted by Crippen LogP contribution is 2.88. The summed E-state index contributed by atoms with van der Waals surface area (Å²) < 4.78 is 48.5. The van der Waals surface area contributed by atoms with E-state index >= 15 is 4.79 Å². The number of halogens is 1. The summed E-state index contributed by atoms with van der Waals surface area (Å²) in [5.41, 5.74) is -3.82. The Balaban J connectivity index is 1.26. The molecule has 332 valence electrons. The molecule has 5 amide bonds. The number of piperidine rings is 1. The highest BCUT2D eigenvalue weighted by atomic mass is 32.2. The Morgan fingerprint density at radius 1 is 0.864 bits per heavy atom. The lowest BCUT2D eigenvalue weighted by atomic mass is 9.73. The van der Waals surface area contributed by atoms with Gasteiger partial charge in [0, 0.05) is 37.5 Å². The van der Waals surface area contributed by atoms with Crippen molar-refractivity contribution in [3.05, 3.63) is 12.7 Å². The van der Waals surface area contributed by atoms with Crippen LogP contribution in [0.5, 0.6) is 0 Å². The van der Waals surface area contributed by atoms with Gasteiger partial charge in [0.25, 0.3) is 5.91 Å². The molecule has 3 aliphatic heterocycles. The Kier molecular flexibility index (Phi) is 12.3. The number of morpholine rings is 1. The molecule has 17 heteroatoms. The summed E-state index contributed by atoms with van der Waals surface area (Å²) in [5, 5.41) is 8.87. The highest BCUT2D eigenvalue weighted by molar-refractivity contribution is 7.87. The molecule has 4 N–H and O–H groups in total. The second kappa shape index (κ2) is 16.0. The van der Waals surface area contributed by atoms with Crippen molar-refractivity contribution in [2.75, 3.05) is 52.6 Å². The summed E-state index contributed by atoms with van der Waals surface area (Å²) in [5.74, 6) is -3.34. The van der Waals surface area contributed by atoms with Crippen LogP contribution in [0.1, 0.15) is 107 Å². The van der Waals surface area contributed by atoms with Gasteiger partial charge in [-0.05, 0) is 66.7 Å². The SMILES string of the molecule is C=C[C@@H]1C[C@]1(NC(=O)[C@@H]1C[C@@]2(CN1C(=O)[C@@H](NC(=O)[C@@H](NC(=O)[C@@H]1CCCCN1CCF)C(C)(C)C)C(C)(C)C)C(C)(C)C21CCC1)C(=O)NS(=O)(=O)N1CCOCC1. The maximum atomic E-state index is 15.2. The van der Waals surface area contributed by atoms with Crippen LogP contribution in [0.15, 0.2) is 12.7 Å². The number of carbonyl (C=O) groups is 5. The maximum Gasteiger partial charge on any atom is 0.304 e. The van der Waals surface area contributed by atoms with E-state index in [9.17, 15) is 32.0 Å². The standard InChI is InChI=1S/C42H68FN7O8S/c1-10-27-24-42(27,36(55)47-59(56,57)49-20-22-58-23-21-49)46-33(52)29-25-41(39(8,9)40(41)15-13-16-40)26-50(29)35(54)31(38(5,6)7)45-34(53)30(37(2,3)4)44-32(51)28-14-11-12-18-48(28)19-17-43/h10,27-31H,1,11-26H2,2-9H3,(H,44,51)(H,45,53)(H,46,52)(H,47,55)/t27-,28+,29+,30-,31-,41-,42-/m1/s1. The molecule has 59 heavy (non-hydrogen) atoms. The van der Waals surface area contributed by atoms with Gasteiger partial charge in [-0.15, -0.1) is 6.58 Å². The van der Waals surface area contributed by atoms with Gasteiger partial charge in [-0.2, -0.15) is 12.7 Å². The molecule has 7 atom stereocenters. The number of likely N-dealkylation sites (tertiary alicyclic amines) is 2. The number of rotatable bonds is 13. The van der Waals surface area contributed by atoms with Gasteiger partial charge in [-0.25, -0.2) is 9.11 Å². The van der Waals surface area contributed by atoms with Crippen molar-refractivity contribution in [2.45, 2.75) is 136 Å². The first kappa shape index (κ1) is 45.4. The zero-order valence-corrected chi connectivity index (χ0v) is 37.2. The van der Waals surface area contributed by atoms with E-state index in [0.29, 0.717) is 19.4 Å². The van der Waals surface area contributed by atoms with E-state index in [1.54, 1.807) is 4.90 Å². The summed E-state index contributed by atoms with van der Waals surface area (Å²) in [6, 6.07) is -3.74. The topological polar surface area (TPSA) is 187 Å². The van der Waals surface area contributed by atoms with Crippen molar-refractivity contribution in [3.8, 4) is 0 Å².